The van der Waals surface area contributed by atoms with Crippen molar-refractivity contribution in [2.45, 2.75) is 33.6 Å². The average molecular weight is 333 g/mol. The van der Waals surface area contributed by atoms with Crippen molar-refractivity contribution in [2.24, 2.45) is 5.41 Å². The van der Waals surface area contributed by atoms with Crippen LogP contribution in [0.4, 0.5) is 4.39 Å². The first-order valence-electron chi connectivity index (χ1n) is 6.07. The van der Waals surface area contributed by atoms with Crippen molar-refractivity contribution in [3.63, 3.8) is 0 Å². The van der Waals surface area contributed by atoms with E-state index in [1.165, 1.54) is 6.07 Å². The number of carbonyl (C=O) groups is 1. The first-order chi connectivity index (χ1) is 8.75. The van der Waals surface area contributed by atoms with Gasteiger partial charge in [0.25, 0.3) is 0 Å². The highest BCUT2D eigenvalue weighted by molar-refractivity contribution is 9.10. The Kier molecular flexibility index (Phi) is 5.35. The van der Waals surface area contributed by atoms with Gasteiger partial charge in [0.15, 0.2) is 11.6 Å². The summed E-state index contributed by atoms with van der Waals surface area (Å²) in [4.78, 5) is 11.5. The van der Waals surface area contributed by atoms with Crippen molar-refractivity contribution < 1.29 is 19.0 Å². The fraction of sp³-hybridized carbons (Fsp3) is 0.500. The Hall–Kier alpha value is -1.10. The van der Waals surface area contributed by atoms with Crippen LogP contribution in [0.5, 0.6) is 5.75 Å². The molecule has 1 aromatic carbocycles. The van der Waals surface area contributed by atoms with Crippen LogP contribution in [-0.4, -0.2) is 17.7 Å². The molecule has 0 radical (unpaired) electrons. The summed E-state index contributed by atoms with van der Waals surface area (Å²) in [6, 6.07) is 2.94. The van der Waals surface area contributed by atoms with E-state index in [-0.39, 0.29) is 17.8 Å². The third-order valence-corrected chi connectivity index (χ3v) is 3.29. The van der Waals surface area contributed by atoms with Gasteiger partial charge in [-0.2, -0.15) is 0 Å². The maximum atomic E-state index is 13.4. The van der Waals surface area contributed by atoms with Crippen LogP contribution in [0.2, 0.25) is 0 Å². The maximum absolute atomic E-state index is 13.4. The summed E-state index contributed by atoms with van der Waals surface area (Å²) < 4.78 is 18.7. The van der Waals surface area contributed by atoms with Crippen molar-refractivity contribution in [3.8, 4) is 5.75 Å². The molecule has 0 unspecified atom stereocenters. The van der Waals surface area contributed by atoms with Gasteiger partial charge in [-0.1, -0.05) is 13.8 Å². The minimum absolute atomic E-state index is 0.259. The zero-order valence-corrected chi connectivity index (χ0v) is 12.9. The Morgan fingerprint density at radius 2 is 2.11 bits per heavy atom. The lowest BCUT2D eigenvalue weighted by molar-refractivity contribution is -0.145. The smallest absolute Gasteiger partial charge is 0.306 e. The second-order valence-corrected chi connectivity index (χ2v) is 6.09. The molecule has 1 rings (SSSR count). The number of aromatic hydroxyl groups is 1. The summed E-state index contributed by atoms with van der Waals surface area (Å²) in [5, 5.41) is 9.35. The maximum Gasteiger partial charge on any atom is 0.306 e. The van der Waals surface area contributed by atoms with E-state index in [0.717, 1.165) is 5.56 Å². The van der Waals surface area contributed by atoms with Crippen LogP contribution in [0, 0.1) is 11.2 Å². The Bertz CT molecular complexity index is 449. The molecule has 1 N–H and O–H groups in total. The quantitative estimate of drug-likeness (QED) is 0.834. The Morgan fingerprint density at radius 3 is 2.63 bits per heavy atom. The van der Waals surface area contributed by atoms with Crippen LogP contribution in [-0.2, 0) is 16.0 Å². The van der Waals surface area contributed by atoms with Gasteiger partial charge in [-0.3, -0.25) is 4.79 Å². The Balaban J connectivity index is 2.80. The highest BCUT2D eigenvalue weighted by atomic mass is 79.9. The zero-order valence-electron chi connectivity index (χ0n) is 11.3. The summed E-state index contributed by atoms with van der Waals surface area (Å²) in [5.41, 5.74) is 0.381. The molecule has 5 heteroatoms. The number of halogens is 2. The molecule has 0 aliphatic rings. The van der Waals surface area contributed by atoms with Gasteiger partial charge in [0, 0.05) is 0 Å². The fourth-order valence-electron chi connectivity index (χ4n) is 1.94. The molecule has 0 bridgehead atoms. The molecule has 19 heavy (non-hydrogen) atoms. The minimum atomic E-state index is -0.670. The molecular formula is C14H18BrFO3. The van der Waals surface area contributed by atoms with E-state index >= 15 is 0 Å². The summed E-state index contributed by atoms with van der Waals surface area (Å²) in [6.45, 7) is 5.96. The molecule has 0 atom stereocenters. The van der Waals surface area contributed by atoms with E-state index < -0.39 is 11.6 Å². The molecule has 0 fully saturated rings. The van der Waals surface area contributed by atoms with Crippen molar-refractivity contribution in [3.05, 3.63) is 28.0 Å². The van der Waals surface area contributed by atoms with Gasteiger partial charge in [0.05, 0.1) is 17.5 Å². The van der Waals surface area contributed by atoms with Crippen LogP contribution < -0.4 is 0 Å². The number of carbonyl (C=O) groups excluding carboxylic acids is 1. The third-order valence-electron chi connectivity index (χ3n) is 2.69. The highest BCUT2D eigenvalue weighted by Gasteiger charge is 2.24. The number of rotatable bonds is 5. The SMILES string of the molecule is CCOC(=O)CC(C)(C)Cc1cc(F)c(O)c(Br)c1. The van der Waals surface area contributed by atoms with Crippen molar-refractivity contribution in [1.82, 2.24) is 0 Å². The number of phenols is 1. The van der Waals surface area contributed by atoms with Crippen LogP contribution in [0.25, 0.3) is 0 Å². The van der Waals surface area contributed by atoms with Crippen molar-refractivity contribution in [1.29, 1.82) is 0 Å². The van der Waals surface area contributed by atoms with Crippen molar-refractivity contribution >= 4 is 21.9 Å². The van der Waals surface area contributed by atoms with Gasteiger partial charge in [-0.25, -0.2) is 4.39 Å². The predicted octanol–water partition coefficient (Wildman–Crippen LogP) is 3.82. The molecule has 1 aromatic rings. The second-order valence-electron chi connectivity index (χ2n) is 5.23. The Morgan fingerprint density at radius 1 is 1.47 bits per heavy atom. The molecule has 106 valence electrons. The second kappa shape index (κ2) is 6.37. The number of ether oxygens (including phenoxy) is 1. The molecule has 0 spiro atoms. The van der Waals surface area contributed by atoms with Crippen LogP contribution in [0.3, 0.4) is 0 Å². The zero-order chi connectivity index (χ0) is 14.6. The minimum Gasteiger partial charge on any atom is -0.504 e. The third kappa shape index (κ3) is 4.82. The standard InChI is InChI=1S/C14H18BrFO3/c1-4-19-12(17)8-14(2,3)7-9-5-10(15)13(18)11(16)6-9/h5-6,18H,4,7-8H2,1-3H3. The molecule has 0 saturated carbocycles. The van der Waals surface area contributed by atoms with E-state index in [4.69, 9.17) is 4.74 Å². The monoisotopic (exact) mass is 332 g/mol. The molecule has 0 saturated heterocycles. The van der Waals surface area contributed by atoms with Gasteiger partial charge in [-0.15, -0.1) is 0 Å². The van der Waals surface area contributed by atoms with Gasteiger partial charge >= 0.3 is 5.97 Å². The molecular weight excluding hydrogens is 315 g/mol. The van der Waals surface area contributed by atoms with Gasteiger partial charge in [-0.05, 0) is 52.4 Å². The first kappa shape index (κ1) is 16.0. The molecule has 0 amide bonds. The molecule has 0 aliphatic heterocycles. The molecule has 0 aromatic heterocycles. The fourth-order valence-corrected chi connectivity index (χ4v) is 2.42. The topological polar surface area (TPSA) is 46.5 Å². The lowest BCUT2D eigenvalue weighted by Crippen LogP contribution is -2.21. The summed E-state index contributed by atoms with van der Waals surface area (Å²) in [6.07, 6.45) is 0.780. The summed E-state index contributed by atoms with van der Waals surface area (Å²) in [7, 11) is 0. The number of hydrogen-bond acceptors (Lipinski definition) is 3. The van der Waals surface area contributed by atoms with E-state index in [9.17, 15) is 14.3 Å². The summed E-state index contributed by atoms with van der Waals surface area (Å²) in [5.74, 6) is -1.32. The van der Waals surface area contributed by atoms with Crippen LogP contribution in [0.15, 0.2) is 16.6 Å². The van der Waals surface area contributed by atoms with Crippen LogP contribution in [0.1, 0.15) is 32.8 Å². The number of phenolic OH excluding ortho intramolecular Hbond substituents is 1. The van der Waals surface area contributed by atoms with E-state index in [2.05, 4.69) is 15.9 Å². The van der Waals surface area contributed by atoms with Gasteiger partial charge < -0.3 is 9.84 Å². The molecule has 0 heterocycles. The number of benzene rings is 1. The lowest BCUT2D eigenvalue weighted by Gasteiger charge is -2.23. The summed E-state index contributed by atoms with van der Waals surface area (Å²) >= 11 is 3.10. The van der Waals surface area contributed by atoms with E-state index in [1.54, 1.807) is 13.0 Å². The van der Waals surface area contributed by atoms with E-state index in [1.807, 2.05) is 13.8 Å². The number of esters is 1. The first-order valence-corrected chi connectivity index (χ1v) is 6.87. The average Bonchev–Trinajstić information content (AvgIpc) is 2.24. The lowest BCUT2D eigenvalue weighted by atomic mass is 9.82. The number of hydrogen-bond donors (Lipinski definition) is 1. The predicted molar refractivity (Wildman–Crippen MR) is 74.5 cm³/mol. The molecule has 3 nitrogen and oxygen atoms in total. The molecule has 0 aliphatic carbocycles. The van der Waals surface area contributed by atoms with Gasteiger partial charge in [0.2, 0.25) is 0 Å². The van der Waals surface area contributed by atoms with E-state index in [0.29, 0.717) is 17.5 Å². The van der Waals surface area contributed by atoms with Gasteiger partial charge in [0.1, 0.15) is 0 Å². The normalized spacial score (nSPS) is 11.4. The van der Waals surface area contributed by atoms with Crippen LogP contribution >= 0.6 is 15.9 Å². The largest absolute Gasteiger partial charge is 0.504 e. The highest BCUT2D eigenvalue weighted by Crippen LogP contribution is 2.32. The van der Waals surface area contributed by atoms with Crippen molar-refractivity contribution in [2.75, 3.05) is 6.61 Å². The Labute approximate surface area is 120 Å².